The summed E-state index contributed by atoms with van der Waals surface area (Å²) in [5, 5.41) is 7.72. The van der Waals surface area contributed by atoms with Crippen molar-refractivity contribution in [2.24, 2.45) is 0 Å². The number of nitrogens with one attached hydrogen (secondary N) is 1. The summed E-state index contributed by atoms with van der Waals surface area (Å²) in [4.78, 5) is 10.8. The molecular weight excluding hydrogens is 286 g/mol. The molecule has 0 saturated carbocycles. The quantitative estimate of drug-likeness (QED) is 0.800. The van der Waals surface area contributed by atoms with Crippen molar-refractivity contribution >= 4 is 27.8 Å². The highest BCUT2D eigenvalue weighted by Gasteiger charge is 2.17. The molecule has 0 bridgehead atoms. The lowest BCUT2D eigenvalue weighted by molar-refractivity contribution is 0.823. The minimum Gasteiger partial charge on any atom is -0.359 e. The number of nitrogens with zero attached hydrogens (tertiary/aromatic N) is 2. The fraction of sp³-hybridized carbons (Fsp3) is 0.600. The fourth-order valence-electron chi connectivity index (χ4n) is 1.91. The Labute approximate surface area is 129 Å². The zero-order valence-electron chi connectivity index (χ0n) is 12.9. The van der Waals surface area contributed by atoms with Gasteiger partial charge in [0.05, 0.1) is 21.3 Å². The van der Waals surface area contributed by atoms with Crippen molar-refractivity contribution in [2.45, 2.75) is 59.4 Å². The van der Waals surface area contributed by atoms with E-state index in [2.05, 4.69) is 45.3 Å². The van der Waals surface area contributed by atoms with Crippen molar-refractivity contribution in [3.05, 3.63) is 16.1 Å². The van der Waals surface area contributed by atoms with Crippen LogP contribution < -0.4 is 5.32 Å². The molecule has 0 aliphatic carbocycles. The van der Waals surface area contributed by atoms with E-state index in [0.29, 0.717) is 12.0 Å². The zero-order chi connectivity index (χ0) is 14.7. The molecule has 0 saturated heterocycles. The molecule has 0 unspecified atom stereocenters. The molecule has 0 fully saturated rings. The standard InChI is InChI=1S/C15H23N3S2/c1-6-7-11-13(20-14(17-11)9(2)3)12-8-19-15(18-12)16-10(4)5/h8-10H,6-7H2,1-5H3,(H,16,18). The highest BCUT2D eigenvalue weighted by Crippen LogP contribution is 2.35. The average molecular weight is 310 g/mol. The second-order valence-corrected chi connectivity index (χ2v) is 7.46. The first-order valence-corrected chi connectivity index (χ1v) is 8.92. The van der Waals surface area contributed by atoms with Crippen molar-refractivity contribution in [1.82, 2.24) is 9.97 Å². The summed E-state index contributed by atoms with van der Waals surface area (Å²) < 4.78 is 0. The fourth-order valence-corrected chi connectivity index (χ4v) is 3.91. The summed E-state index contributed by atoms with van der Waals surface area (Å²) in [6, 6.07) is 0.414. The number of hydrogen-bond acceptors (Lipinski definition) is 5. The van der Waals surface area contributed by atoms with Crippen LogP contribution in [0, 0.1) is 0 Å². The summed E-state index contributed by atoms with van der Waals surface area (Å²) in [5.41, 5.74) is 2.29. The topological polar surface area (TPSA) is 37.8 Å². The highest BCUT2D eigenvalue weighted by atomic mass is 32.1. The van der Waals surface area contributed by atoms with Gasteiger partial charge in [-0.05, 0) is 20.3 Å². The van der Waals surface area contributed by atoms with Gasteiger partial charge in [-0.2, -0.15) is 0 Å². The van der Waals surface area contributed by atoms with Gasteiger partial charge in [-0.3, -0.25) is 0 Å². The van der Waals surface area contributed by atoms with Gasteiger partial charge in [0.2, 0.25) is 0 Å². The van der Waals surface area contributed by atoms with Crippen LogP contribution in [0.3, 0.4) is 0 Å². The molecule has 0 aromatic carbocycles. The Hall–Kier alpha value is -0.940. The van der Waals surface area contributed by atoms with E-state index in [1.807, 2.05) is 0 Å². The summed E-state index contributed by atoms with van der Waals surface area (Å²) in [7, 11) is 0. The molecule has 0 atom stereocenters. The molecule has 2 heterocycles. The van der Waals surface area contributed by atoms with Gasteiger partial charge in [0.15, 0.2) is 5.13 Å². The van der Waals surface area contributed by atoms with E-state index >= 15 is 0 Å². The van der Waals surface area contributed by atoms with Crippen molar-refractivity contribution in [1.29, 1.82) is 0 Å². The molecule has 0 radical (unpaired) electrons. The largest absolute Gasteiger partial charge is 0.359 e. The molecule has 1 N–H and O–H groups in total. The lowest BCUT2D eigenvalue weighted by Crippen LogP contribution is -2.08. The van der Waals surface area contributed by atoms with Crippen molar-refractivity contribution in [3.8, 4) is 10.6 Å². The third-order valence-corrected chi connectivity index (χ3v) is 5.04. The first-order valence-electron chi connectivity index (χ1n) is 7.23. The van der Waals surface area contributed by atoms with Crippen molar-refractivity contribution < 1.29 is 0 Å². The van der Waals surface area contributed by atoms with Crippen molar-refractivity contribution in [2.75, 3.05) is 5.32 Å². The van der Waals surface area contributed by atoms with Crippen molar-refractivity contribution in [3.63, 3.8) is 0 Å². The smallest absolute Gasteiger partial charge is 0.183 e. The second-order valence-electron chi connectivity index (χ2n) is 5.57. The molecule has 2 rings (SSSR count). The van der Waals surface area contributed by atoms with Gasteiger partial charge in [-0.1, -0.05) is 27.2 Å². The molecule has 0 aliphatic heterocycles. The molecule has 0 amide bonds. The van der Waals surface area contributed by atoms with Gasteiger partial charge in [-0.25, -0.2) is 9.97 Å². The van der Waals surface area contributed by atoms with Crippen LogP contribution in [-0.2, 0) is 6.42 Å². The van der Waals surface area contributed by atoms with Gasteiger partial charge in [0.1, 0.15) is 0 Å². The van der Waals surface area contributed by atoms with Crippen LogP contribution in [0.15, 0.2) is 5.38 Å². The number of anilines is 1. The van der Waals surface area contributed by atoms with Crippen LogP contribution in [0.25, 0.3) is 10.6 Å². The third kappa shape index (κ3) is 3.58. The Balaban J connectivity index is 2.32. The maximum atomic E-state index is 4.81. The predicted octanol–water partition coefficient (Wildman–Crippen LogP) is 5.16. The normalized spacial score (nSPS) is 11.6. The van der Waals surface area contributed by atoms with Crippen LogP contribution in [-0.4, -0.2) is 16.0 Å². The number of aryl methyl sites for hydroxylation is 1. The number of rotatable bonds is 6. The first-order chi connectivity index (χ1) is 9.51. The molecule has 3 nitrogen and oxygen atoms in total. The van der Waals surface area contributed by atoms with Crippen LogP contribution in [0.1, 0.15) is 57.7 Å². The summed E-state index contributed by atoms with van der Waals surface area (Å²) >= 11 is 3.47. The summed E-state index contributed by atoms with van der Waals surface area (Å²) in [5.74, 6) is 0.483. The zero-order valence-corrected chi connectivity index (χ0v) is 14.5. The van der Waals surface area contributed by atoms with E-state index in [9.17, 15) is 0 Å². The Morgan fingerprint density at radius 3 is 2.55 bits per heavy atom. The van der Waals surface area contributed by atoms with Crippen LogP contribution in [0.5, 0.6) is 0 Å². The van der Waals surface area contributed by atoms with Gasteiger partial charge < -0.3 is 5.32 Å². The number of aromatic nitrogens is 2. The van der Waals surface area contributed by atoms with E-state index < -0.39 is 0 Å². The van der Waals surface area contributed by atoms with Crippen LogP contribution >= 0.6 is 22.7 Å². The lowest BCUT2D eigenvalue weighted by Gasteiger charge is -2.04. The molecular formula is C15H23N3S2. The van der Waals surface area contributed by atoms with Crippen LogP contribution in [0.2, 0.25) is 0 Å². The highest BCUT2D eigenvalue weighted by molar-refractivity contribution is 7.17. The van der Waals surface area contributed by atoms with E-state index in [4.69, 9.17) is 9.97 Å². The van der Waals surface area contributed by atoms with E-state index in [0.717, 1.165) is 23.7 Å². The average Bonchev–Trinajstić information content (AvgIpc) is 2.95. The Morgan fingerprint density at radius 1 is 1.20 bits per heavy atom. The SMILES string of the molecule is CCCc1nc(C(C)C)sc1-c1csc(NC(C)C)n1. The van der Waals surface area contributed by atoms with Gasteiger partial charge in [0.25, 0.3) is 0 Å². The Bertz CT molecular complexity index is 555. The van der Waals surface area contributed by atoms with Gasteiger partial charge in [0, 0.05) is 17.3 Å². The summed E-state index contributed by atoms with van der Waals surface area (Å²) in [6.07, 6.45) is 2.15. The molecule has 0 aliphatic rings. The molecule has 2 aromatic heterocycles. The molecule has 5 heteroatoms. The minimum atomic E-state index is 0.414. The van der Waals surface area contributed by atoms with Gasteiger partial charge >= 0.3 is 0 Å². The Kier molecular flexibility index (Phi) is 5.16. The lowest BCUT2D eigenvalue weighted by atomic mass is 10.2. The van der Waals surface area contributed by atoms with E-state index in [-0.39, 0.29) is 0 Å². The third-order valence-electron chi connectivity index (χ3n) is 2.84. The molecule has 110 valence electrons. The Morgan fingerprint density at radius 2 is 1.95 bits per heavy atom. The number of hydrogen-bond donors (Lipinski definition) is 1. The minimum absolute atomic E-state index is 0.414. The maximum Gasteiger partial charge on any atom is 0.183 e. The summed E-state index contributed by atoms with van der Waals surface area (Å²) in [6.45, 7) is 10.9. The predicted molar refractivity (Wildman–Crippen MR) is 90.1 cm³/mol. The van der Waals surface area contributed by atoms with E-state index in [1.54, 1.807) is 22.7 Å². The first kappa shape index (κ1) is 15.4. The number of thiazole rings is 2. The molecule has 2 aromatic rings. The second kappa shape index (κ2) is 6.68. The van der Waals surface area contributed by atoms with Gasteiger partial charge in [-0.15, -0.1) is 22.7 Å². The maximum absolute atomic E-state index is 4.81. The monoisotopic (exact) mass is 309 g/mol. The molecule has 0 spiro atoms. The van der Waals surface area contributed by atoms with E-state index in [1.165, 1.54) is 15.6 Å². The van der Waals surface area contributed by atoms with Crippen LogP contribution in [0.4, 0.5) is 5.13 Å². The molecule has 20 heavy (non-hydrogen) atoms.